The van der Waals surface area contributed by atoms with Gasteiger partial charge in [-0.2, -0.15) is 0 Å². The van der Waals surface area contributed by atoms with Crippen molar-refractivity contribution in [3.63, 3.8) is 0 Å². The molecule has 4 aromatic rings. The molecule has 2 aromatic carbocycles. The molecule has 2 aromatic heterocycles. The van der Waals surface area contributed by atoms with Crippen LogP contribution in [0.5, 0.6) is 0 Å². The molecular formula is C20H17N5O3S2. The Bertz CT molecular complexity index is 1250. The van der Waals surface area contributed by atoms with E-state index in [1.807, 2.05) is 23.6 Å². The highest BCUT2D eigenvalue weighted by Gasteiger charge is 2.16. The van der Waals surface area contributed by atoms with Crippen molar-refractivity contribution in [1.82, 2.24) is 19.5 Å². The number of nitrogens with zero attached hydrogens (tertiary/aromatic N) is 3. The topological polar surface area (TPSA) is 106 Å². The van der Waals surface area contributed by atoms with Gasteiger partial charge in [0, 0.05) is 22.7 Å². The molecule has 4 rings (SSSR count). The van der Waals surface area contributed by atoms with Crippen LogP contribution in [0.15, 0.2) is 83.6 Å². The lowest BCUT2D eigenvalue weighted by atomic mass is 10.2. The summed E-state index contributed by atoms with van der Waals surface area (Å²) in [5.74, 6) is -0.411. The van der Waals surface area contributed by atoms with Gasteiger partial charge in [0.1, 0.15) is 12.7 Å². The van der Waals surface area contributed by atoms with Crippen molar-refractivity contribution in [2.75, 3.05) is 5.32 Å². The summed E-state index contributed by atoms with van der Waals surface area (Å²) in [6.07, 6.45) is 3.11. The number of anilines is 1. The summed E-state index contributed by atoms with van der Waals surface area (Å²) in [5.41, 5.74) is 1.59. The third kappa shape index (κ3) is 4.62. The molecule has 2 N–H and O–H groups in total. The molecule has 0 saturated heterocycles. The van der Waals surface area contributed by atoms with Crippen molar-refractivity contribution in [3.05, 3.63) is 89.1 Å². The molecule has 0 fully saturated rings. The van der Waals surface area contributed by atoms with Crippen LogP contribution in [0.3, 0.4) is 0 Å². The number of carbonyl (C=O) groups excluding carboxylic acids is 1. The van der Waals surface area contributed by atoms with E-state index in [1.54, 1.807) is 47.6 Å². The second-order valence-corrected chi connectivity index (χ2v) is 9.10. The number of thiophene rings is 1. The van der Waals surface area contributed by atoms with Gasteiger partial charge < -0.3 is 5.32 Å². The molecule has 10 heteroatoms. The Hall–Kier alpha value is -3.34. The van der Waals surface area contributed by atoms with Gasteiger partial charge in [0.05, 0.1) is 10.6 Å². The number of hydrogen-bond acceptors (Lipinski definition) is 6. The Balaban J connectivity index is 1.49. The molecular weight excluding hydrogens is 422 g/mol. The highest BCUT2D eigenvalue weighted by atomic mass is 32.2. The number of nitrogens with one attached hydrogen (secondary N) is 2. The van der Waals surface area contributed by atoms with Gasteiger partial charge in [-0.25, -0.2) is 13.1 Å². The first kappa shape index (κ1) is 20.0. The van der Waals surface area contributed by atoms with E-state index in [9.17, 15) is 13.2 Å². The van der Waals surface area contributed by atoms with Crippen molar-refractivity contribution in [2.24, 2.45) is 0 Å². The predicted octanol–water partition coefficient (Wildman–Crippen LogP) is 3.06. The Morgan fingerprint density at radius 2 is 1.80 bits per heavy atom. The molecule has 0 aliphatic carbocycles. The molecule has 1 amide bonds. The third-order valence-corrected chi connectivity index (χ3v) is 6.52. The average molecular weight is 440 g/mol. The van der Waals surface area contributed by atoms with Gasteiger partial charge in [-0.3, -0.25) is 9.36 Å². The van der Waals surface area contributed by atoms with Crippen LogP contribution < -0.4 is 10.0 Å². The first-order valence-electron chi connectivity index (χ1n) is 8.90. The maximum absolute atomic E-state index is 12.7. The van der Waals surface area contributed by atoms with Gasteiger partial charge in [-0.15, -0.1) is 21.5 Å². The Kier molecular flexibility index (Phi) is 5.70. The normalized spacial score (nSPS) is 11.3. The number of carbonyl (C=O) groups is 1. The lowest BCUT2D eigenvalue weighted by molar-refractivity contribution is 0.102. The van der Waals surface area contributed by atoms with E-state index in [-0.39, 0.29) is 17.0 Å². The number of aromatic nitrogens is 3. The van der Waals surface area contributed by atoms with E-state index < -0.39 is 15.9 Å². The van der Waals surface area contributed by atoms with Crippen molar-refractivity contribution < 1.29 is 13.2 Å². The lowest BCUT2D eigenvalue weighted by Crippen LogP contribution is -2.23. The van der Waals surface area contributed by atoms with Crippen LogP contribution in [0.4, 0.5) is 5.69 Å². The Morgan fingerprint density at radius 1 is 1.00 bits per heavy atom. The van der Waals surface area contributed by atoms with Crippen molar-refractivity contribution in [1.29, 1.82) is 0 Å². The fraction of sp³-hybridized carbons (Fsp3) is 0.0500. The zero-order valence-corrected chi connectivity index (χ0v) is 17.2. The summed E-state index contributed by atoms with van der Waals surface area (Å²) in [5, 5.41) is 12.2. The summed E-state index contributed by atoms with van der Waals surface area (Å²) < 4.78 is 29.4. The van der Waals surface area contributed by atoms with E-state index in [2.05, 4.69) is 20.2 Å². The summed E-state index contributed by atoms with van der Waals surface area (Å²) in [7, 11) is -3.74. The van der Waals surface area contributed by atoms with E-state index in [4.69, 9.17) is 0 Å². The van der Waals surface area contributed by atoms with Gasteiger partial charge in [-0.05, 0) is 47.8 Å². The maximum atomic E-state index is 12.7. The fourth-order valence-corrected chi connectivity index (χ4v) is 4.54. The minimum Gasteiger partial charge on any atom is -0.322 e. The molecule has 0 unspecified atom stereocenters. The molecule has 30 heavy (non-hydrogen) atoms. The molecule has 0 bridgehead atoms. The largest absolute Gasteiger partial charge is 0.322 e. The van der Waals surface area contributed by atoms with Crippen molar-refractivity contribution in [3.8, 4) is 5.69 Å². The molecule has 0 spiro atoms. The molecule has 0 aliphatic rings. The molecule has 0 radical (unpaired) electrons. The summed E-state index contributed by atoms with van der Waals surface area (Å²) in [4.78, 5) is 13.6. The SMILES string of the molecule is O=C(Nc1cccc(-n2cnnc2)c1)c1cccc(S(=O)(=O)NCc2cccs2)c1. The van der Waals surface area contributed by atoms with Crippen LogP contribution in [0.1, 0.15) is 15.2 Å². The monoisotopic (exact) mass is 439 g/mol. The number of amides is 1. The first-order chi connectivity index (χ1) is 14.5. The quantitative estimate of drug-likeness (QED) is 0.460. The minimum atomic E-state index is -3.74. The molecule has 0 aliphatic heterocycles. The van der Waals surface area contributed by atoms with Gasteiger partial charge in [0.2, 0.25) is 10.0 Å². The Labute approximate surface area is 177 Å². The van der Waals surface area contributed by atoms with E-state index in [1.165, 1.54) is 23.5 Å². The third-order valence-electron chi connectivity index (χ3n) is 4.24. The number of sulfonamides is 1. The van der Waals surface area contributed by atoms with Gasteiger partial charge >= 0.3 is 0 Å². The summed E-state index contributed by atoms with van der Waals surface area (Å²) in [6.45, 7) is 0.201. The van der Waals surface area contributed by atoms with Crippen LogP contribution in [-0.4, -0.2) is 29.1 Å². The predicted molar refractivity (Wildman–Crippen MR) is 114 cm³/mol. The zero-order chi connectivity index (χ0) is 21.0. The molecule has 0 saturated carbocycles. The van der Waals surface area contributed by atoms with E-state index in [0.717, 1.165) is 10.6 Å². The van der Waals surface area contributed by atoms with Gasteiger partial charge in [-0.1, -0.05) is 18.2 Å². The Morgan fingerprint density at radius 3 is 2.57 bits per heavy atom. The first-order valence-corrected chi connectivity index (χ1v) is 11.3. The maximum Gasteiger partial charge on any atom is 0.255 e. The highest BCUT2D eigenvalue weighted by molar-refractivity contribution is 7.89. The molecule has 0 atom stereocenters. The smallest absolute Gasteiger partial charge is 0.255 e. The second-order valence-electron chi connectivity index (χ2n) is 6.31. The number of rotatable bonds is 7. The van der Waals surface area contributed by atoms with Crippen LogP contribution in [-0.2, 0) is 16.6 Å². The standard InChI is InChI=1S/C20H17N5O3S2/c26-20(24-16-5-2-6-17(11-16)25-13-21-22-14-25)15-4-1-8-19(10-15)30(27,28)23-12-18-7-3-9-29-18/h1-11,13-14,23H,12H2,(H,24,26). The van der Waals surface area contributed by atoms with Crippen molar-refractivity contribution in [2.45, 2.75) is 11.4 Å². The number of hydrogen-bond donors (Lipinski definition) is 2. The van der Waals surface area contributed by atoms with E-state index in [0.29, 0.717) is 5.69 Å². The second kappa shape index (κ2) is 8.57. The van der Waals surface area contributed by atoms with Crippen LogP contribution >= 0.6 is 11.3 Å². The van der Waals surface area contributed by atoms with Crippen molar-refractivity contribution >= 4 is 33.0 Å². The summed E-state index contributed by atoms with van der Waals surface area (Å²) >= 11 is 1.47. The number of benzene rings is 2. The summed E-state index contributed by atoms with van der Waals surface area (Å²) in [6, 6.07) is 16.8. The van der Waals surface area contributed by atoms with Crippen LogP contribution in [0, 0.1) is 0 Å². The van der Waals surface area contributed by atoms with E-state index >= 15 is 0 Å². The molecule has 8 nitrogen and oxygen atoms in total. The fourth-order valence-electron chi connectivity index (χ4n) is 2.75. The molecule has 152 valence electrons. The van der Waals surface area contributed by atoms with Gasteiger partial charge in [0.15, 0.2) is 0 Å². The highest BCUT2D eigenvalue weighted by Crippen LogP contribution is 2.17. The minimum absolute atomic E-state index is 0.0324. The molecule has 2 heterocycles. The lowest BCUT2D eigenvalue weighted by Gasteiger charge is -2.10. The van der Waals surface area contributed by atoms with Crippen LogP contribution in [0.25, 0.3) is 5.69 Å². The van der Waals surface area contributed by atoms with Gasteiger partial charge in [0.25, 0.3) is 5.91 Å². The average Bonchev–Trinajstić information content (AvgIpc) is 3.47. The zero-order valence-electron chi connectivity index (χ0n) is 15.6. The van der Waals surface area contributed by atoms with Crippen LogP contribution in [0.2, 0.25) is 0 Å².